The van der Waals surface area contributed by atoms with Crippen LogP contribution in [0.2, 0.25) is 0 Å². The molecule has 1 aromatic heterocycles. The van der Waals surface area contributed by atoms with E-state index in [0.29, 0.717) is 11.3 Å². The molecule has 0 bridgehead atoms. The highest BCUT2D eigenvalue weighted by molar-refractivity contribution is 7.89. The Kier molecular flexibility index (Phi) is 5.54. The molecule has 0 aliphatic carbocycles. The fourth-order valence-corrected chi connectivity index (χ4v) is 2.90. The molecule has 2 aromatic rings. The minimum atomic E-state index is -3.58. The number of carbonyl (C=O) groups is 1. The number of sulfonamides is 1. The largest absolute Gasteiger partial charge is 0.467 e. The van der Waals surface area contributed by atoms with Gasteiger partial charge in [0.25, 0.3) is 5.91 Å². The molecule has 1 heterocycles. The Morgan fingerprint density at radius 3 is 2.52 bits per heavy atom. The summed E-state index contributed by atoms with van der Waals surface area (Å²) in [6.07, 6.45) is 1.31. The fraction of sp³-hybridized carbons (Fsp3) is 0.267. The predicted molar refractivity (Wildman–Crippen MR) is 85.3 cm³/mol. The van der Waals surface area contributed by atoms with Gasteiger partial charge in [0.2, 0.25) is 10.0 Å². The van der Waals surface area contributed by atoms with E-state index in [0.717, 1.165) is 5.56 Å². The van der Waals surface area contributed by atoms with Crippen LogP contribution in [0.5, 0.6) is 0 Å². The molecule has 2 rings (SSSR count). The maximum Gasteiger partial charge on any atom is 0.254 e. The summed E-state index contributed by atoms with van der Waals surface area (Å²) in [6, 6.07) is 8.08. The minimum Gasteiger partial charge on any atom is -0.467 e. The van der Waals surface area contributed by atoms with Gasteiger partial charge in [-0.1, -0.05) is 17.7 Å². The summed E-state index contributed by atoms with van der Waals surface area (Å²) < 4.78 is 31.6. The standard InChI is InChI=1S/C15H19N3O4S/c1-11-2-4-14(5-3-11)23(20,21)18-7-6-17-15(19)12-8-13(9-16)22-10-12/h2-5,8,10,18H,6-7,9,16H2,1H3,(H,17,19). The third kappa shape index (κ3) is 4.65. The van der Waals surface area contributed by atoms with E-state index in [-0.39, 0.29) is 30.4 Å². The smallest absolute Gasteiger partial charge is 0.254 e. The van der Waals surface area contributed by atoms with Gasteiger partial charge < -0.3 is 15.5 Å². The van der Waals surface area contributed by atoms with Gasteiger partial charge in [-0.2, -0.15) is 0 Å². The topological polar surface area (TPSA) is 114 Å². The third-order valence-corrected chi connectivity index (χ3v) is 4.63. The van der Waals surface area contributed by atoms with Gasteiger partial charge in [0.05, 0.1) is 17.0 Å². The lowest BCUT2D eigenvalue weighted by Gasteiger charge is -2.07. The lowest BCUT2D eigenvalue weighted by atomic mass is 10.2. The number of furan rings is 1. The molecule has 4 N–H and O–H groups in total. The van der Waals surface area contributed by atoms with Crippen LogP contribution in [-0.2, 0) is 16.6 Å². The van der Waals surface area contributed by atoms with Crippen molar-refractivity contribution in [2.24, 2.45) is 5.73 Å². The molecule has 8 heteroatoms. The van der Waals surface area contributed by atoms with E-state index in [4.69, 9.17) is 10.2 Å². The van der Waals surface area contributed by atoms with Crippen molar-refractivity contribution >= 4 is 15.9 Å². The molecule has 1 aromatic carbocycles. The number of hydrogen-bond acceptors (Lipinski definition) is 5. The van der Waals surface area contributed by atoms with Crippen LogP contribution < -0.4 is 15.8 Å². The fourth-order valence-electron chi connectivity index (χ4n) is 1.87. The van der Waals surface area contributed by atoms with Gasteiger partial charge in [0, 0.05) is 13.1 Å². The van der Waals surface area contributed by atoms with Gasteiger partial charge in [-0.3, -0.25) is 4.79 Å². The third-order valence-electron chi connectivity index (χ3n) is 3.15. The monoisotopic (exact) mass is 337 g/mol. The highest BCUT2D eigenvalue weighted by Gasteiger charge is 2.13. The molecule has 124 valence electrons. The van der Waals surface area contributed by atoms with Crippen molar-refractivity contribution in [1.82, 2.24) is 10.0 Å². The van der Waals surface area contributed by atoms with Crippen molar-refractivity contribution in [2.75, 3.05) is 13.1 Å². The number of aryl methyl sites for hydroxylation is 1. The van der Waals surface area contributed by atoms with Gasteiger partial charge in [-0.25, -0.2) is 13.1 Å². The zero-order valence-corrected chi connectivity index (χ0v) is 13.5. The SMILES string of the molecule is Cc1ccc(S(=O)(=O)NCCNC(=O)c2coc(CN)c2)cc1. The summed E-state index contributed by atoms with van der Waals surface area (Å²) in [5.41, 5.74) is 6.73. The van der Waals surface area contributed by atoms with Gasteiger partial charge in [-0.15, -0.1) is 0 Å². The van der Waals surface area contributed by atoms with E-state index in [1.54, 1.807) is 18.2 Å². The molecule has 0 fully saturated rings. The van der Waals surface area contributed by atoms with E-state index >= 15 is 0 Å². The summed E-state index contributed by atoms with van der Waals surface area (Å²) in [6.45, 7) is 2.34. The molecule has 0 spiro atoms. The second kappa shape index (κ2) is 7.40. The lowest BCUT2D eigenvalue weighted by molar-refractivity contribution is 0.0953. The molecular weight excluding hydrogens is 318 g/mol. The number of nitrogens with one attached hydrogen (secondary N) is 2. The van der Waals surface area contributed by atoms with Crippen LogP contribution in [-0.4, -0.2) is 27.4 Å². The molecule has 0 saturated heterocycles. The van der Waals surface area contributed by atoms with Crippen LogP contribution in [0.1, 0.15) is 21.7 Å². The molecule has 0 unspecified atom stereocenters. The molecule has 0 aliphatic heterocycles. The first-order valence-electron chi connectivity index (χ1n) is 7.04. The van der Waals surface area contributed by atoms with Crippen molar-refractivity contribution in [3.8, 4) is 0 Å². The van der Waals surface area contributed by atoms with Crippen LogP contribution in [0.15, 0.2) is 45.9 Å². The second-order valence-electron chi connectivity index (χ2n) is 4.97. The van der Waals surface area contributed by atoms with Gasteiger partial charge in [0.1, 0.15) is 12.0 Å². The molecule has 1 amide bonds. The van der Waals surface area contributed by atoms with Crippen molar-refractivity contribution in [1.29, 1.82) is 0 Å². The summed E-state index contributed by atoms with van der Waals surface area (Å²) in [5, 5.41) is 2.60. The van der Waals surface area contributed by atoms with Crippen LogP contribution in [0, 0.1) is 6.92 Å². The predicted octanol–water partition coefficient (Wildman–Crippen LogP) is 0.755. The Morgan fingerprint density at radius 1 is 1.22 bits per heavy atom. The van der Waals surface area contributed by atoms with E-state index in [1.165, 1.54) is 18.4 Å². The van der Waals surface area contributed by atoms with Gasteiger partial charge in [-0.05, 0) is 25.1 Å². The van der Waals surface area contributed by atoms with E-state index in [1.807, 2.05) is 6.92 Å². The normalized spacial score (nSPS) is 11.4. The number of amides is 1. The Morgan fingerprint density at radius 2 is 1.91 bits per heavy atom. The molecule has 0 aliphatic rings. The second-order valence-corrected chi connectivity index (χ2v) is 6.74. The average molecular weight is 337 g/mol. The minimum absolute atomic E-state index is 0.0869. The maximum atomic E-state index is 12.0. The summed E-state index contributed by atoms with van der Waals surface area (Å²) >= 11 is 0. The molecular formula is C15H19N3O4S. The molecule has 23 heavy (non-hydrogen) atoms. The number of benzene rings is 1. The molecule has 0 saturated carbocycles. The summed E-state index contributed by atoms with van der Waals surface area (Å²) in [7, 11) is -3.58. The Labute approximate surface area is 134 Å². The lowest BCUT2D eigenvalue weighted by Crippen LogP contribution is -2.34. The Hall–Kier alpha value is -2.16. The van der Waals surface area contributed by atoms with Crippen molar-refractivity contribution in [2.45, 2.75) is 18.4 Å². The quantitative estimate of drug-likeness (QED) is 0.645. The number of nitrogens with two attached hydrogens (primary N) is 1. The highest BCUT2D eigenvalue weighted by Crippen LogP contribution is 2.09. The summed E-state index contributed by atoms with van der Waals surface area (Å²) in [5.74, 6) is 0.165. The van der Waals surface area contributed by atoms with Gasteiger partial charge >= 0.3 is 0 Å². The van der Waals surface area contributed by atoms with Crippen LogP contribution in [0.25, 0.3) is 0 Å². The first-order chi connectivity index (χ1) is 10.9. The molecule has 0 atom stereocenters. The number of carbonyl (C=O) groups excluding carboxylic acids is 1. The van der Waals surface area contributed by atoms with E-state index < -0.39 is 10.0 Å². The maximum absolute atomic E-state index is 12.0. The van der Waals surface area contributed by atoms with Crippen molar-refractivity contribution in [3.05, 3.63) is 53.5 Å². The summed E-state index contributed by atoms with van der Waals surface area (Å²) in [4.78, 5) is 12.0. The van der Waals surface area contributed by atoms with E-state index in [2.05, 4.69) is 10.0 Å². The molecule has 7 nitrogen and oxygen atoms in total. The number of rotatable bonds is 7. The highest BCUT2D eigenvalue weighted by atomic mass is 32.2. The zero-order valence-electron chi connectivity index (χ0n) is 12.7. The van der Waals surface area contributed by atoms with Crippen LogP contribution >= 0.6 is 0 Å². The first-order valence-corrected chi connectivity index (χ1v) is 8.52. The average Bonchev–Trinajstić information content (AvgIpc) is 3.01. The Bertz CT molecular complexity index is 766. The van der Waals surface area contributed by atoms with Gasteiger partial charge in [0.15, 0.2) is 0 Å². The van der Waals surface area contributed by atoms with Crippen LogP contribution in [0.4, 0.5) is 0 Å². The Balaban J connectivity index is 1.82. The number of hydrogen-bond donors (Lipinski definition) is 3. The van der Waals surface area contributed by atoms with Crippen molar-refractivity contribution in [3.63, 3.8) is 0 Å². The molecule has 0 radical (unpaired) electrons. The van der Waals surface area contributed by atoms with E-state index in [9.17, 15) is 13.2 Å². The first kappa shape index (κ1) is 17.2. The van der Waals surface area contributed by atoms with Crippen LogP contribution in [0.3, 0.4) is 0 Å². The zero-order chi connectivity index (χ0) is 16.9. The van der Waals surface area contributed by atoms with Crippen molar-refractivity contribution < 1.29 is 17.6 Å².